The number of hydrogen-bond acceptors (Lipinski definition) is 1. The van der Waals surface area contributed by atoms with Crippen molar-refractivity contribution in [3.8, 4) is 0 Å². The first-order chi connectivity index (χ1) is 11.5. The SMILES string of the molecule is CNC1=CC(C)(F)CC(Cc2ccc(F)cc2)=C1c1ccccc1. The molecule has 3 heteroatoms. The normalized spacial score (nSPS) is 20.8. The van der Waals surface area contributed by atoms with Crippen LogP contribution in [0, 0.1) is 5.82 Å². The van der Waals surface area contributed by atoms with Gasteiger partial charge in [-0.3, -0.25) is 0 Å². The van der Waals surface area contributed by atoms with Crippen LogP contribution in [0.1, 0.15) is 24.5 Å². The molecule has 0 bridgehead atoms. The number of hydrogen-bond donors (Lipinski definition) is 1. The minimum atomic E-state index is -1.40. The van der Waals surface area contributed by atoms with Crippen LogP contribution < -0.4 is 5.32 Å². The summed E-state index contributed by atoms with van der Waals surface area (Å²) in [6.07, 6.45) is 2.59. The molecule has 124 valence electrons. The molecule has 0 heterocycles. The summed E-state index contributed by atoms with van der Waals surface area (Å²) in [6.45, 7) is 1.59. The average molecular weight is 325 g/mol. The zero-order chi connectivity index (χ0) is 17.2. The smallest absolute Gasteiger partial charge is 0.132 e. The number of halogens is 2. The van der Waals surface area contributed by atoms with Crippen molar-refractivity contribution in [2.45, 2.75) is 25.4 Å². The third-order valence-electron chi connectivity index (χ3n) is 4.29. The van der Waals surface area contributed by atoms with E-state index in [4.69, 9.17) is 0 Å². The Kier molecular flexibility index (Phi) is 4.52. The summed E-state index contributed by atoms with van der Waals surface area (Å²) >= 11 is 0. The zero-order valence-corrected chi connectivity index (χ0v) is 13.9. The first-order valence-corrected chi connectivity index (χ1v) is 8.10. The van der Waals surface area contributed by atoms with Crippen molar-refractivity contribution in [1.82, 2.24) is 5.32 Å². The number of rotatable bonds is 4. The summed E-state index contributed by atoms with van der Waals surface area (Å²) in [7, 11) is 1.81. The van der Waals surface area contributed by atoms with E-state index in [1.54, 1.807) is 25.1 Å². The van der Waals surface area contributed by atoms with Crippen molar-refractivity contribution in [1.29, 1.82) is 0 Å². The van der Waals surface area contributed by atoms with Gasteiger partial charge in [0, 0.05) is 24.7 Å². The Morgan fingerprint density at radius 3 is 2.33 bits per heavy atom. The largest absolute Gasteiger partial charge is 0.388 e. The second-order valence-corrected chi connectivity index (χ2v) is 6.41. The van der Waals surface area contributed by atoms with Gasteiger partial charge in [0.2, 0.25) is 0 Å². The highest BCUT2D eigenvalue weighted by Gasteiger charge is 2.31. The van der Waals surface area contributed by atoms with Gasteiger partial charge in [-0.05, 0) is 42.7 Å². The molecule has 1 N–H and O–H groups in total. The van der Waals surface area contributed by atoms with E-state index in [0.29, 0.717) is 12.8 Å². The number of allylic oxidation sites excluding steroid dienone is 3. The summed E-state index contributed by atoms with van der Waals surface area (Å²) in [5.74, 6) is -0.259. The van der Waals surface area contributed by atoms with Gasteiger partial charge in [-0.2, -0.15) is 0 Å². The van der Waals surface area contributed by atoms with Gasteiger partial charge >= 0.3 is 0 Å². The van der Waals surface area contributed by atoms with Crippen LogP contribution in [0.3, 0.4) is 0 Å². The highest BCUT2D eigenvalue weighted by molar-refractivity contribution is 5.82. The molecular formula is C21H21F2N. The molecule has 1 unspecified atom stereocenters. The Balaban J connectivity index is 2.08. The molecule has 0 aromatic heterocycles. The van der Waals surface area contributed by atoms with E-state index in [1.807, 2.05) is 37.4 Å². The summed E-state index contributed by atoms with van der Waals surface area (Å²) in [6, 6.07) is 16.4. The van der Waals surface area contributed by atoms with E-state index in [2.05, 4.69) is 5.32 Å². The van der Waals surface area contributed by atoms with Crippen LogP contribution in [-0.4, -0.2) is 12.7 Å². The van der Waals surface area contributed by atoms with E-state index >= 15 is 0 Å². The van der Waals surface area contributed by atoms with E-state index in [9.17, 15) is 8.78 Å². The summed E-state index contributed by atoms with van der Waals surface area (Å²) in [5, 5.41) is 3.14. The molecule has 0 amide bonds. The molecule has 0 fully saturated rings. The fraction of sp³-hybridized carbons (Fsp3) is 0.238. The number of likely N-dealkylation sites (N-methyl/N-ethyl adjacent to an activating group) is 1. The van der Waals surface area contributed by atoms with Crippen molar-refractivity contribution < 1.29 is 8.78 Å². The van der Waals surface area contributed by atoms with Gasteiger partial charge in [0.05, 0.1) is 0 Å². The molecule has 0 aliphatic heterocycles. The molecule has 0 radical (unpaired) electrons. The van der Waals surface area contributed by atoms with Gasteiger partial charge in [0.15, 0.2) is 0 Å². The van der Waals surface area contributed by atoms with Gasteiger partial charge in [-0.15, -0.1) is 0 Å². The van der Waals surface area contributed by atoms with Crippen LogP contribution in [0.15, 0.2) is 71.9 Å². The van der Waals surface area contributed by atoms with E-state index in [0.717, 1.165) is 28.0 Å². The number of nitrogens with one attached hydrogen (secondary N) is 1. The van der Waals surface area contributed by atoms with E-state index < -0.39 is 5.67 Å². The Morgan fingerprint density at radius 2 is 1.71 bits per heavy atom. The molecule has 2 aromatic rings. The third kappa shape index (κ3) is 3.56. The first-order valence-electron chi connectivity index (χ1n) is 8.10. The highest BCUT2D eigenvalue weighted by Crippen LogP contribution is 2.39. The van der Waals surface area contributed by atoms with Gasteiger partial charge in [0.1, 0.15) is 11.5 Å². The predicted octanol–water partition coefficient (Wildman–Crippen LogP) is 5.06. The Hall–Kier alpha value is -2.42. The zero-order valence-electron chi connectivity index (χ0n) is 13.9. The third-order valence-corrected chi connectivity index (χ3v) is 4.29. The second kappa shape index (κ2) is 6.60. The average Bonchev–Trinajstić information content (AvgIpc) is 2.56. The summed E-state index contributed by atoms with van der Waals surface area (Å²) in [4.78, 5) is 0. The Labute approximate surface area is 141 Å². The van der Waals surface area contributed by atoms with Crippen LogP contribution in [0.2, 0.25) is 0 Å². The van der Waals surface area contributed by atoms with Crippen LogP contribution in [0.5, 0.6) is 0 Å². The second-order valence-electron chi connectivity index (χ2n) is 6.41. The quantitative estimate of drug-likeness (QED) is 0.829. The molecule has 3 rings (SSSR count). The topological polar surface area (TPSA) is 12.0 Å². The van der Waals surface area contributed by atoms with Crippen molar-refractivity contribution in [3.05, 3.63) is 88.9 Å². The number of benzene rings is 2. The lowest BCUT2D eigenvalue weighted by molar-refractivity contribution is 0.251. The monoisotopic (exact) mass is 325 g/mol. The molecule has 0 spiro atoms. The lowest BCUT2D eigenvalue weighted by Crippen LogP contribution is -2.26. The van der Waals surface area contributed by atoms with E-state index in [1.165, 1.54) is 12.1 Å². The molecule has 2 aromatic carbocycles. The maximum Gasteiger partial charge on any atom is 0.132 e. The first kappa shape index (κ1) is 16.4. The summed E-state index contributed by atoms with van der Waals surface area (Å²) < 4.78 is 28.0. The van der Waals surface area contributed by atoms with Crippen molar-refractivity contribution in [2.24, 2.45) is 0 Å². The van der Waals surface area contributed by atoms with Gasteiger partial charge in [-0.1, -0.05) is 48.0 Å². The van der Waals surface area contributed by atoms with Crippen molar-refractivity contribution >= 4 is 5.57 Å². The molecule has 1 atom stereocenters. The molecule has 1 aliphatic carbocycles. The van der Waals surface area contributed by atoms with Crippen molar-refractivity contribution in [3.63, 3.8) is 0 Å². The minimum Gasteiger partial charge on any atom is -0.388 e. The van der Waals surface area contributed by atoms with Crippen LogP contribution in [0.25, 0.3) is 5.57 Å². The maximum atomic E-state index is 14.8. The molecule has 0 saturated carbocycles. The minimum absolute atomic E-state index is 0.259. The van der Waals surface area contributed by atoms with E-state index in [-0.39, 0.29) is 5.82 Å². The van der Waals surface area contributed by atoms with Gasteiger partial charge < -0.3 is 5.32 Å². The summed E-state index contributed by atoms with van der Waals surface area (Å²) in [5.41, 5.74) is 3.50. The number of alkyl halides is 1. The molecule has 24 heavy (non-hydrogen) atoms. The van der Waals surface area contributed by atoms with Gasteiger partial charge in [0.25, 0.3) is 0 Å². The van der Waals surface area contributed by atoms with Crippen molar-refractivity contribution in [2.75, 3.05) is 7.05 Å². The molecule has 0 saturated heterocycles. The Bertz CT molecular complexity index is 771. The molecular weight excluding hydrogens is 304 g/mol. The molecule has 1 nitrogen and oxygen atoms in total. The van der Waals surface area contributed by atoms with Gasteiger partial charge in [-0.25, -0.2) is 8.78 Å². The van der Waals surface area contributed by atoms with Crippen LogP contribution in [-0.2, 0) is 6.42 Å². The standard InChI is InChI=1S/C21H21F2N/c1-21(23)13-17(12-15-8-10-18(22)11-9-15)20(19(14-21)24-2)16-6-4-3-5-7-16/h3-11,14,24H,12-13H2,1-2H3. The Morgan fingerprint density at radius 1 is 1.04 bits per heavy atom. The maximum absolute atomic E-state index is 14.8. The predicted molar refractivity (Wildman–Crippen MR) is 94.7 cm³/mol. The molecule has 1 aliphatic rings. The fourth-order valence-corrected chi connectivity index (χ4v) is 3.28. The van der Waals surface area contributed by atoms with Crippen LogP contribution in [0.4, 0.5) is 8.78 Å². The van der Waals surface area contributed by atoms with Crippen LogP contribution >= 0.6 is 0 Å². The lowest BCUT2D eigenvalue weighted by atomic mass is 9.81. The lowest BCUT2D eigenvalue weighted by Gasteiger charge is -2.30. The fourth-order valence-electron chi connectivity index (χ4n) is 3.28. The highest BCUT2D eigenvalue weighted by atomic mass is 19.1.